The largest absolute Gasteiger partial charge is 0.484 e. The average molecular weight is 346 g/mol. The van der Waals surface area contributed by atoms with E-state index in [1.54, 1.807) is 12.1 Å². The van der Waals surface area contributed by atoms with E-state index in [4.69, 9.17) is 0 Å². The van der Waals surface area contributed by atoms with Gasteiger partial charge in [0, 0.05) is 13.5 Å². The molecule has 0 aromatic heterocycles. The Labute approximate surface area is 138 Å². The van der Waals surface area contributed by atoms with Crippen molar-refractivity contribution in [1.29, 1.82) is 0 Å². The van der Waals surface area contributed by atoms with E-state index in [-0.39, 0.29) is 30.0 Å². The molecule has 2 amide bonds. The number of nitrogens with one attached hydrogen (secondary N) is 2. The van der Waals surface area contributed by atoms with Crippen molar-refractivity contribution in [1.82, 2.24) is 10.6 Å². The van der Waals surface area contributed by atoms with Gasteiger partial charge in [-0.25, -0.2) is 0 Å². The highest BCUT2D eigenvalue weighted by Crippen LogP contribution is 2.18. The first kappa shape index (κ1) is 19.8. The van der Waals surface area contributed by atoms with Crippen LogP contribution in [0, 0.1) is 5.92 Å². The van der Waals surface area contributed by atoms with Crippen LogP contribution in [-0.2, 0) is 16.1 Å². The van der Waals surface area contributed by atoms with Crippen molar-refractivity contribution in [2.45, 2.75) is 39.5 Å². The number of rotatable bonds is 7. The molecule has 1 rings (SSSR count). The minimum absolute atomic E-state index is 0.0768. The summed E-state index contributed by atoms with van der Waals surface area (Å²) in [4.78, 5) is 23.2. The second-order valence-corrected chi connectivity index (χ2v) is 5.69. The fraction of sp³-hybridized carbons (Fsp3) is 0.500. The third kappa shape index (κ3) is 7.34. The van der Waals surface area contributed by atoms with Gasteiger partial charge in [-0.05, 0) is 23.6 Å². The van der Waals surface area contributed by atoms with Gasteiger partial charge in [0.2, 0.25) is 11.8 Å². The molecule has 0 aliphatic rings. The SMILES string of the molecule is CC(=O)N[C@@H](C(=O)NCc1ccc(OCC(F)(F)F)cc1)C(C)C. The molecule has 24 heavy (non-hydrogen) atoms. The first-order valence-corrected chi connectivity index (χ1v) is 7.42. The number of amides is 2. The van der Waals surface area contributed by atoms with E-state index in [0.29, 0.717) is 5.56 Å². The van der Waals surface area contributed by atoms with Crippen LogP contribution in [0.3, 0.4) is 0 Å². The highest BCUT2D eigenvalue weighted by Gasteiger charge is 2.28. The lowest BCUT2D eigenvalue weighted by atomic mass is 10.0. The second-order valence-electron chi connectivity index (χ2n) is 5.69. The van der Waals surface area contributed by atoms with E-state index in [1.807, 2.05) is 13.8 Å². The smallest absolute Gasteiger partial charge is 0.422 e. The summed E-state index contributed by atoms with van der Waals surface area (Å²) < 4.78 is 40.8. The zero-order valence-corrected chi connectivity index (χ0v) is 13.7. The van der Waals surface area contributed by atoms with Crippen LogP contribution in [0.2, 0.25) is 0 Å². The summed E-state index contributed by atoms with van der Waals surface area (Å²) in [6.45, 7) is 3.80. The van der Waals surface area contributed by atoms with Gasteiger partial charge in [-0.3, -0.25) is 9.59 Å². The maximum atomic E-state index is 12.1. The summed E-state index contributed by atoms with van der Waals surface area (Å²) in [6, 6.07) is 5.29. The molecular formula is C16H21F3N2O3. The van der Waals surface area contributed by atoms with Crippen LogP contribution < -0.4 is 15.4 Å². The van der Waals surface area contributed by atoms with Gasteiger partial charge < -0.3 is 15.4 Å². The molecular weight excluding hydrogens is 325 g/mol. The molecule has 0 radical (unpaired) electrons. The van der Waals surface area contributed by atoms with Crippen molar-refractivity contribution in [3.8, 4) is 5.75 Å². The van der Waals surface area contributed by atoms with E-state index in [0.717, 1.165) is 0 Å². The third-order valence-electron chi connectivity index (χ3n) is 3.10. The number of carbonyl (C=O) groups is 2. The fourth-order valence-electron chi connectivity index (χ4n) is 1.92. The molecule has 0 fully saturated rings. The Balaban J connectivity index is 2.54. The summed E-state index contributed by atoms with van der Waals surface area (Å²) in [6.07, 6.45) is -4.39. The second kappa shape index (κ2) is 8.56. The summed E-state index contributed by atoms with van der Waals surface area (Å²) >= 11 is 0. The van der Waals surface area contributed by atoms with E-state index >= 15 is 0 Å². The van der Waals surface area contributed by atoms with Gasteiger partial charge in [0.1, 0.15) is 11.8 Å². The van der Waals surface area contributed by atoms with Gasteiger partial charge in [-0.2, -0.15) is 13.2 Å². The number of carbonyl (C=O) groups excluding carboxylic acids is 2. The molecule has 134 valence electrons. The zero-order valence-electron chi connectivity index (χ0n) is 13.7. The fourth-order valence-corrected chi connectivity index (χ4v) is 1.92. The summed E-state index contributed by atoms with van der Waals surface area (Å²) in [7, 11) is 0. The zero-order chi connectivity index (χ0) is 18.3. The van der Waals surface area contributed by atoms with Crippen LogP contribution in [-0.4, -0.2) is 30.6 Å². The molecule has 0 heterocycles. The molecule has 0 spiro atoms. The molecule has 0 aliphatic heterocycles. The number of alkyl halides is 3. The Morgan fingerprint density at radius 2 is 1.75 bits per heavy atom. The van der Waals surface area contributed by atoms with Gasteiger partial charge >= 0.3 is 6.18 Å². The summed E-state index contributed by atoms with van der Waals surface area (Å²) in [5, 5.41) is 5.26. The Kier molecular flexibility index (Phi) is 7.06. The molecule has 0 aliphatic carbocycles. The Morgan fingerprint density at radius 1 is 1.17 bits per heavy atom. The van der Waals surface area contributed by atoms with Gasteiger partial charge in [0.15, 0.2) is 6.61 Å². The standard InChI is InChI=1S/C16H21F3N2O3/c1-10(2)14(21-11(3)22)15(23)20-8-12-4-6-13(7-5-12)24-9-16(17,18)19/h4-7,10,14H,8-9H2,1-3H3,(H,20,23)(H,21,22)/t14-/m1/s1. The van der Waals surface area contributed by atoms with Gasteiger partial charge in [0.25, 0.3) is 0 Å². The number of halogens is 3. The minimum atomic E-state index is -4.39. The molecule has 0 unspecified atom stereocenters. The van der Waals surface area contributed by atoms with E-state index < -0.39 is 18.8 Å². The van der Waals surface area contributed by atoms with Crippen LogP contribution in [0.15, 0.2) is 24.3 Å². The van der Waals surface area contributed by atoms with Crippen LogP contribution in [0.25, 0.3) is 0 Å². The number of hydrogen-bond donors (Lipinski definition) is 2. The minimum Gasteiger partial charge on any atom is -0.484 e. The normalized spacial score (nSPS) is 12.6. The van der Waals surface area contributed by atoms with Gasteiger partial charge in [-0.15, -0.1) is 0 Å². The molecule has 0 bridgehead atoms. The van der Waals surface area contributed by atoms with Crippen molar-refractivity contribution < 1.29 is 27.5 Å². The molecule has 1 aromatic carbocycles. The predicted molar refractivity (Wildman–Crippen MR) is 82.3 cm³/mol. The molecule has 1 aromatic rings. The molecule has 0 saturated carbocycles. The third-order valence-corrected chi connectivity index (χ3v) is 3.10. The van der Waals surface area contributed by atoms with E-state index in [2.05, 4.69) is 15.4 Å². The lowest BCUT2D eigenvalue weighted by Crippen LogP contribution is -2.48. The van der Waals surface area contributed by atoms with Crippen molar-refractivity contribution in [3.63, 3.8) is 0 Å². The average Bonchev–Trinajstić information content (AvgIpc) is 2.48. The van der Waals surface area contributed by atoms with E-state index in [1.165, 1.54) is 19.1 Å². The van der Waals surface area contributed by atoms with Crippen molar-refractivity contribution in [2.24, 2.45) is 5.92 Å². The maximum absolute atomic E-state index is 12.1. The van der Waals surface area contributed by atoms with Crippen molar-refractivity contribution in [2.75, 3.05) is 6.61 Å². The summed E-state index contributed by atoms with van der Waals surface area (Å²) in [5.74, 6) is -0.597. The first-order chi connectivity index (χ1) is 11.1. The Bertz CT molecular complexity index is 557. The van der Waals surface area contributed by atoms with Gasteiger partial charge in [0.05, 0.1) is 0 Å². The predicted octanol–water partition coefficient (Wildman–Crippen LogP) is 2.40. The quantitative estimate of drug-likeness (QED) is 0.797. The molecule has 0 saturated heterocycles. The Morgan fingerprint density at radius 3 is 2.21 bits per heavy atom. The lowest BCUT2D eigenvalue weighted by molar-refractivity contribution is -0.153. The number of ether oxygens (including phenoxy) is 1. The number of hydrogen-bond acceptors (Lipinski definition) is 3. The van der Waals surface area contributed by atoms with Gasteiger partial charge in [-0.1, -0.05) is 26.0 Å². The molecule has 5 nitrogen and oxygen atoms in total. The topological polar surface area (TPSA) is 67.4 Å². The van der Waals surface area contributed by atoms with Crippen LogP contribution in [0.1, 0.15) is 26.3 Å². The number of benzene rings is 1. The van der Waals surface area contributed by atoms with E-state index in [9.17, 15) is 22.8 Å². The Hall–Kier alpha value is -2.25. The van der Waals surface area contributed by atoms with Crippen molar-refractivity contribution >= 4 is 11.8 Å². The van der Waals surface area contributed by atoms with Crippen LogP contribution in [0.5, 0.6) is 5.75 Å². The molecule has 2 N–H and O–H groups in total. The summed E-state index contributed by atoms with van der Waals surface area (Å²) in [5.41, 5.74) is 0.702. The monoisotopic (exact) mass is 346 g/mol. The van der Waals surface area contributed by atoms with Crippen molar-refractivity contribution in [3.05, 3.63) is 29.8 Å². The first-order valence-electron chi connectivity index (χ1n) is 7.42. The molecule has 1 atom stereocenters. The van der Waals surface area contributed by atoms with Crippen LogP contribution >= 0.6 is 0 Å². The lowest BCUT2D eigenvalue weighted by Gasteiger charge is -2.21. The maximum Gasteiger partial charge on any atom is 0.422 e. The highest BCUT2D eigenvalue weighted by molar-refractivity contribution is 5.87. The van der Waals surface area contributed by atoms with Crippen LogP contribution in [0.4, 0.5) is 13.2 Å². The molecule has 8 heteroatoms. The highest BCUT2D eigenvalue weighted by atomic mass is 19.4.